The van der Waals surface area contributed by atoms with Gasteiger partial charge in [0.2, 0.25) is 5.91 Å². The summed E-state index contributed by atoms with van der Waals surface area (Å²) >= 11 is 0. The summed E-state index contributed by atoms with van der Waals surface area (Å²) in [4.78, 5) is 24.5. The smallest absolute Gasteiger partial charge is 0.303 e. The molecule has 0 spiro atoms. The molecule has 1 aliphatic heterocycles. The van der Waals surface area contributed by atoms with E-state index in [2.05, 4.69) is 0 Å². The summed E-state index contributed by atoms with van der Waals surface area (Å²) in [5.74, 6) is -0.843. The van der Waals surface area contributed by atoms with Gasteiger partial charge in [-0.2, -0.15) is 0 Å². The highest BCUT2D eigenvalue weighted by atomic mass is 16.5. The Hall–Kier alpha value is -1.10. The van der Waals surface area contributed by atoms with Gasteiger partial charge >= 0.3 is 5.97 Å². The maximum Gasteiger partial charge on any atom is 0.303 e. The highest BCUT2D eigenvalue weighted by molar-refractivity contribution is 5.78. The molecule has 98 valence electrons. The molecule has 5 nitrogen and oxygen atoms in total. The molecule has 1 saturated heterocycles. The SMILES string of the molecule is CC1CN(C(=O)CC(C)(C)CC(=O)O)CCO1. The van der Waals surface area contributed by atoms with E-state index in [1.807, 2.05) is 20.8 Å². The molecule has 0 radical (unpaired) electrons. The van der Waals surface area contributed by atoms with Crippen LogP contribution in [0.25, 0.3) is 0 Å². The summed E-state index contributed by atoms with van der Waals surface area (Å²) in [5.41, 5.74) is -0.496. The van der Waals surface area contributed by atoms with Crippen LogP contribution in [-0.2, 0) is 14.3 Å². The molecule has 1 atom stereocenters. The Kier molecular flexibility index (Phi) is 4.51. The first kappa shape index (κ1) is 14.0. The topological polar surface area (TPSA) is 66.8 Å². The average Bonchev–Trinajstić information content (AvgIpc) is 2.14. The number of hydrogen-bond donors (Lipinski definition) is 1. The van der Waals surface area contributed by atoms with E-state index in [0.717, 1.165) is 0 Å². The maximum absolute atomic E-state index is 12.0. The number of amides is 1. The zero-order chi connectivity index (χ0) is 13.1. The lowest BCUT2D eigenvalue weighted by atomic mass is 9.85. The number of carbonyl (C=O) groups is 2. The predicted molar refractivity (Wildman–Crippen MR) is 62.6 cm³/mol. The molecule has 0 saturated carbocycles. The molecule has 0 aromatic heterocycles. The molecule has 1 N–H and O–H groups in total. The quantitative estimate of drug-likeness (QED) is 0.803. The number of nitrogens with zero attached hydrogens (tertiary/aromatic N) is 1. The van der Waals surface area contributed by atoms with Crippen molar-refractivity contribution in [1.82, 2.24) is 4.90 Å². The number of ether oxygens (including phenoxy) is 1. The molecular weight excluding hydrogens is 222 g/mol. The van der Waals surface area contributed by atoms with Gasteiger partial charge in [0.1, 0.15) is 0 Å². The van der Waals surface area contributed by atoms with Crippen LogP contribution in [0.2, 0.25) is 0 Å². The summed E-state index contributed by atoms with van der Waals surface area (Å²) in [6, 6.07) is 0. The number of carboxylic acid groups (broad SMARTS) is 1. The minimum absolute atomic E-state index is 0.0125. The third-order valence-corrected chi connectivity index (χ3v) is 2.85. The standard InChI is InChI=1S/C12H21NO4/c1-9-8-13(4-5-17-9)10(14)6-12(2,3)7-11(15)16/h9H,4-8H2,1-3H3,(H,15,16). The number of rotatable bonds is 4. The zero-order valence-corrected chi connectivity index (χ0v) is 10.7. The monoisotopic (exact) mass is 243 g/mol. The van der Waals surface area contributed by atoms with Gasteiger partial charge in [0, 0.05) is 19.5 Å². The van der Waals surface area contributed by atoms with Gasteiger partial charge in [0.05, 0.1) is 19.1 Å². The molecule has 1 unspecified atom stereocenters. The van der Waals surface area contributed by atoms with Crippen LogP contribution in [0.4, 0.5) is 0 Å². The molecule has 1 heterocycles. The van der Waals surface area contributed by atoms with Gasteiger partial charge in [0.15, 0.2) is 0 Å². The Morgan fingerprint density at radius 2 is 2.06 bits per heavy atom. The fourth-order valence-corrected chi connectivity index (χ4v) is 2.04. The molecule has 0 aromatic rings. The molecular formula is C12H21NO4. The van der Waals surface area contributed by atoms with Gasteiger partial charge in [-0.15, -0.1) is 0 Å². The van der Waals surface area contributed by atoms with Crippen molar-refractivity contribution < 1.29 is 19.4 Å². The minimum atomic E-state index is -0.863. The maximum atomic E-state index is 12.0. The van der Waals surface area contributed by atoms with Gasteiger partial charge < -0.3 is 14.7 Å². The van der Waals surface area contributed by atoms with Crippen molar-refractivity contribution in [2.75, 3.05) is 19.7 Å². The van der Waals surface area contributed by atoms with E-state index in [1.54, 1.807) is 4.90 Å². The Morgan fingerprint density at radius 3 is 2.59 bits per heavy atom. The highest BCUT2D eigenvalue weighted by Crippen LogP contribution is 2.26. The van der Waals surface area contributed by atoms with Gasteiger partial charge in [-0.3, -0.25) is 9.59 Å². The van der Waals surface area contributed by atoms with Gasteiger partial charge in [-0.1, -0.05) is 13.8 Å². The predicted octanol–water partition coefficient (Wildman–Crippen LogP) is 1.12. The Balaban J connectivity index is 2.50. The first-order valence-electron chi connectivity index (χ1n) is 5.91. The third-order valence-electron chi connectivity index (χ3n) is 2.85. The Labute approximate surface area is 102 Å². The Bertz CT molecular complexity index is 301. The van der Waals surface area contributed by atoms with Gasteiger partial charge in [-0.05, 0) is 12.3 Å². The van der Waals surface area contributed by atoms with Crippen molar-refractivity contribution in [3.05, 3.63) is 0 Å². The van der Waals surface area contributed by atoms with E-state index in [-0.39, 0.29) is 24.9 Å². The van der Waals surface area contributed by atoms with Crippen LogP contribution in [0.5, 0.6) is 0 Å². The normalized spacial score (nSPS) is 21.4. The van der Waals surface area contributed by atoms with Crippen LogP contribution in [0, 0.1) is 5.41 Å². The van der Waals surface area contributed by atoms with E-state index in [0.29, 0.717) is 19.7 Å². The lowest BCUT2D eigenvalue weighted by molar-refractivity contribution is -0.143. The van der Waals surface area contributed by atoms with Crippen LogP contribution in [-0.4, -0.2) is 47.7 Å². The molecule has 17 heavy (non-hydrogen) atoms. The third kappa shape index (κ3) is 4.73. The number of aliphatic carboxylic acids is 1. The van der Waals surface area contributed by atoms with Gasteiger partial charge in [0.25, 0.3) is 0 Å². The summed E-state index contributed by atoms with van der Waals surface area (Å²) < 4.78 is 5.36. The second kappa shape index (κ2) is 5.49. The molecule has 5 heteroatoms. The van der Waals surface area contributed by atoms with Crippen LogP contribution in [0.1, 0.15) is 33.6 Å². The Morgan fingerprint density at radius 1 is 1.41 bits per heavy atom. The fourth-order valence-electron chi connectivity index (χ4n) is 2.04. The van der Waals surface area contributed by atoms with Crippen LogP contribution >= 0.6 is 0 Å². The lowest BCUT2D eigenvalue weighted by Gasteiger charge is -2.33. The minimum Gasteiger partial charge on any atom is -0.481 e. The highest BCUT2D eigenvalue weighted by Gasteiger charge is 2.29. The van der Waals surface area contributed by atoms with Crippen molar-refractivity contribution >= 4 is 11.9 Å². The molecule has 0 aromatic carbocycles. The molecule has 1 amide bonds. The fraction of sp³-hybridized carbons (Fsp3) is 0.833. The van der Waals surface area contributed by atoms with Crippen molar-refractivity contribution in [2.24, 2.45) is 5.41 Å². The molecule has 0 bridgehead atoms. The first-order chi connectivity index (χ1) is 7.80. The zero-order valence-electron chi connectivity index (χ0n) is 10.7. The van der Waals surface area contributed by atoms with E-state index in [4.69, 9.17) is 9.84 Å². The summed E-state index contributed by atoms with van der Waals surface area (Å²) in [6.07, 6.45) is 0.347. The van der Waals surface area contributed by atoms with Crippen molar-refractivity contribution in [2.45, 2.75) is 39.7 Å². The van der Waals surface area contributed by atoms with Crippen LogP contribution in [0.15, 0.2) is 0 Å². The van der Waals surface area contributed by atoms with Crippen LogP contribution < -0.4 is 0 Å². The summed E-state index contributed by atoms with van der Waals surface area (Å²) in [7, 11) is 0. The molecule has 1 rings (SSSR count). The van der Waals surface area contributed by atoms with Crippen molar-refractivity contribution in [3.8, 4) is 0 Å². The number of morpholine rings is 1. The molecule has 1 fully saturated rings. The second-order valence-electron chi connectivity index (χ2n) is 5.43. The van der Waals surface area contributed by atoms with E-state index < -0.39 is 11.4 Å². The van der Waals surface area contributed by atoms with E-state index in [9.17, 15) is 9.59 Å². The van der Waals surface area contributed by atoms with Crippen molar-refractivity contribution in [3.63, 3.8) is 0 Å². The number of carbonyl (C=O) groups excluding carboxylic acids is 1. The lowest BCUT2D eigenvalue weighted by Crippen LogP contribution is -2.45. The second-order valence-corrected chi connectivity index (χ2v) is 5.43. The van der Waals surface area contributed by atoms with E-state index >= 15 is 0 Å². The number of carboxylic acids is 1. The molecule has 0 aliphatic carbocycles. The first-order valence-corrected chi connectivity index (χ1v) is 5.91. The van der Waals surface area contributed by atoms with Gasteiger partial charge in [-0.25, -0.2) is 0 Å². The largest absolute Gasteiger partial charge is 0.481 e. The van der Waals surface area contributed by atoms with Crippen LogP contribution in [0.3, 0.4) is 0 Å². The average molecular weight is 243 g/mol. The summed E-state index contributed by atoms with van der Waals surface area (Å²) in [6.45, 7) is 7.31. The van der Waals surface area contributed by atoms with E-state index in [1.165, 1.54) is 0 Å². The van der Waals surface area contributed by atoms with Crippen molar-refractivity contribution in [1.29, 1.82) is 0 Å². The molecule has 1 aliphatic rings. The summed E-state index contributed by atoms with van der Waals surface area (Å²) in [5, 5.41) is 8.77. The number of hydrogen-bond acceptors (Lipinski definition) is 3.